The van der Waals surface area contributed by atoms with Crippen LogP contribution in [0.1, 0.15) is 6.92 Å². The van der Waals surface area contributed by atoms with Gasteiger partial charge in [-0.25, -0.2) is 0 Å². The third kappa shape index (κ3) is 1.07. The van der Waals surface area contributed by atoms with Gasteiger partial charge in [0.15, 0.2) is 5.72 Å². The molecule has 2 N–H and O–H groups in total. The van der Waals surface area contributed by atoms with E-state index in [2.05, 4.69) is 10.3 Å². The van der Waals surface area contributed by atoms with E-state index in [-0.39, 0.29) is 0 Å². The third-order valence-corrected chi connectivity index (χ3v) is 0.862. The molecule has 3 nitrogen and oxygen atoms in total. The highest BCUT2D eigenvalue weighted by Crippen LogP contribution is 1.96. The van der Waals surface area contributed by atoms with Gasteiger partial charge in [0, 0.05) is 12.4 Å². The van der Waals surface area contributed by atoms with Gasteiger partial charge in [-0.1, -0.05) is 0 Å². The molecule has 0 aliphatic carbocycles. The van der Waals surface area contributed by atoms with Crippen molar-refractivity contribution in [3.05, 3.63) is 12.4 Å². The molecule has 1 rings (SSSR count). The number of hydrogen-bond acceptors (Lipinski definition) is 3. The van der Waals surface area contributed by atoms with Crippen molar-refractivity contribution in [3.63, 3.8) is 0 Å². The Balaban J connectivity index is 2.65. The van der Waals surface area contributed by atoms with E-state index in [1.54, 1.807) is 19.3 Å². The quantitative estimate of drug-likeness (QED) is 0.457. The van der Waals surface area contributed by atoms with Crippen molar-refractivity contribution in [3.8, 4) is 0 Å². The average Bonchev–Trinajstić information content (AvgIpc) is 1.65. The van der Waals surface area contributed by atoms with Crippen molar-refractivity contribution in [1.82, 2.24) is 5.32 Å². The molecule has 0 aromatic rings. The van der Waals surface area contributed by atoms with Crippen LogP contribution in [0.3, 0.4) is 0 Å². The van der Waals surface area contributed by atoms with E-state index in [4.69, 9.17) is 5.11 Å². The van der Waals surface area contributed by atoms with Gasteiger partial charge in [0.25, 0.3) is 0 Å². The fraction of sp³-hybridized carbons (Fsp3) is 0.400. The fourth-order valence-electron chi connectivity index (χ4n) is 0.474. The second kappa shape index (κ2) is 1.59. The van der Waals surface area contributed by atoms with Crippen molar-refractivity contribution in [2.24, 2.45) is 4.99 Å². The van der Waals surface area contributed by atoms with E-state index in [0.717, 1.165) is 0 Å². The molecule has 0 spiro atoms. The zero-order valence-corrected chi connectivity index (χ0v) is 4.63. The van der Waals surface area contributed by atoms with Gasteiger partial charge < -0.3 is 10.4 Å². The van der Waals surface area contributed by atoms with Crippen LogP contribution in [0.4, 0.5) is 0 Å². The summed E-state index contributed by atoms with van der Waals surface area (Å²) in [5.41, 5.74) is -0.950. The molecule has 1 atom stereocenters. The van der Waals surface area contributed by atoms with E-state index in [1.807, 2.05) is 0 Å². The van der Waals surface area contributed by atoms with E-state index < -0.39 is 5.72 Å². The average molecular weight is 112 g/mol. The molecule has 44 valence electrons. The summed E-state index contributed by atoms with van der Waals surface area (Å²) < 4.78 is 0. The molecule has 0 bridgehead atoms. The van der Waals surface area contributed by atoms with Crippen LogP contribution < -0.4 is 5.32 Å². The lowest BCUT2D eigenvalue weighted by Gasteiger charge is -2.19. The van der Waals surface area contributed by atoms with Crippen LogP contribution in [0.25, 0.3) is 0 Å². The molecule has 1 aliphatic rings. The second-order valence-corrected chi connectivity index (χ2v) is 1.89. The van der Waals surface area contributed by atoms with E-state index in [1.165, 1.54) is 6.21 Å². The Kier molecular flexibility index (Phi) is 1.06. The first kappa shape index (κ1) is 5.31. The monoisotopic (exact) mass is 112 g/mol. The van der Waals surface area contributed by atoms with Crippen molar-refractivity contribution in [1.29, 1.82) is 0 Å². The summed E-state index contributed by atoms with van der Waals surface area (Å²) in [6, 6.07) is 0. The normalized spacial score (nSPS) is 34.8. The molecule has 1 unspecified atom stereocenters. The van der Waals surface area contributed by atoms with Gasteiger partial charge in [0.2, 0.25) is 0 Å². The minimum absolute atomic E-state index is 0.950. The van der Waals surface area contributed by atoms with Crippen LogP contribution in [0.2, 0.25) is 0 Å². The number of nitrogens with zero attached hydrogens (tertiary/aromatic N) is 1. The van der Waals surface area contributed by atoms with Gasteiger partial charge in [-0.3, -0.25) is 4.99 Å². The lowest BCUT2D eigenvalue weighted by atomic mass is 10.3. The van der Waals surface area contributed by atoms with Crippen LogP contribution in [0, 0.1) is 0 Å². The summed E-state index contributed by atoms with van der Waals surface area (Å²) in [6.07, 6.45) is 4.62. The molecular formula is C5H8N2O. The SMILES string of the molecule is CC1(O)C=NC=CN1. The number of aliphatic imine (C=N–C) groups is 1. The van der Waals surface area contributed by atoms with Crippen LogP contribution in [-0.4, -0.2) is 17.0 Å². The predicted molar refractivity (Wildman–Crippen MR) is 31.4 cm³/mol. The summed E-state index contributed by atoms with van der Waals surface area (Å²) in [5, 5.41) is 11.7. The van der Waals surface area contributed by atoms with Gasteiger partial charge in [0.1, 0.15) is 0 Å². The molecule has 1 aliphatic heterocycles. The molecular weight excluding hydrogens is 104 g/mol. The molecule has 0 aromatic carbocycles. The second-order valence-electron chi connectivity index (χ2n) is 1.89. The van der Waals surface area contributed by atoms with Crippen LogP contribution >= 0.6 is 0 Å². The molecule has 0 aromatic heterocycles. The standard InChI is InChI=1S/C5H8N2O/c1-5(8)4-6-2-3-7-5/h2-4,7-8H,1H3. The van der Waals surface area contributed by atoms with Crippen molar-refractivity contribution in [2.45, 2.75) is 12.6 Å². The van der Waals surface area contributed by atoms with Crippen LogP contribution in [0.5, 0.6) is 0 Å². The minimum atomic E-state index is -0.950. The summed E-state index contributed by atoms with van der Waals surface area (Å²) in [5.74, 6) is 0. The Hall–Kier alpha value is -0.830. The first-order valence-corrected chi connectivity index (χ1v) is 2.40. The van der Waals surface area contributed by atoms with Crippen molar-refractivity contribution >= 4 is 6.21 Å². The van der Waals surface area contributed by atoms with Crippen LogP contribution in [-0.2, 0) is 0 Å². The summed E-state index contributed by atoms with van der Waals surface area (Å²) in [6.45, 7) is 1.62. The maximum atomic E-state index is 9.06. The van der Waals surface area contributed by atoms with Gasteiger partial charge in [-0.05, 0) is 6.92 Å². The zero-order valence-electron chi connectivity index (χ0n) is 4.63. The number of rotatable bonds is 0. The van der Waals surface area contributed by atoms with E-state index >= 15 is 0 Å². The Bertz CT molecular complexity index is 137. The molecule has 0 radical (unpaired) electrons. The number of hydrogen-bond donors (Lipinski definition) is 2. The lowest BCUT2D eigenvalue weighted by Crippen LogP contribution is -2.41. The highest BCUT2D eigenvalue weighted by Gasteiger charge is 2.14. The molecule has 0 saturated heterocycles. The first-order valence-electron chi connectivity index (χ1n) is 2.40. The summed E-state index contributed by atoms with van der Waals surface area (Å²) in [4.78, 5) is 3.71. The smallest absolute Gasteiger partial charge is 0.168 e. The van der Waals surface area contributed by atoms with E-state index in [0.29, 0.717) is 0 Å². The zero-order chi connectivity index (χ0) is 6.04. The van der Waals surface area contributed by atoms with Gasteiger partial charge in [-0.15, -0.1) is 0 Å². The molecule has 0 fully saturated rings. The highest BCUT2D eigenvalue weighted by atomic mass is 16.3. The maximum Gasteiger partial charge on any atom is 0.168 e. The Morgan fingerprint density at radius 3 is 2.75 bits per heavy atom. The molecule has 0 amide bonds. The molecule has 3 heteroatoms. The third-order valence-electron chi connectivity index (χ3n) is 0.862. The Morgan fingerprint density at radius 2 is 2.50 bits per heavy atom. The number of aliphatic hydroxyl groups is 1. The van der Waals surface area contributed by atoms with Crippen molar-refractivity contribution < 1.29 is 5.11 Å². The fourth-order valence-corrected chi connectivity index (χ4v) is 0.474. The van der Waals surface area contributed by atoms with Gasteiger partial charge in [-0.2, -0.15) is 0 Å². The largest absolute Gasteiger partial charge is 0.366 e. The molecule has 1 heterocycles. The summed E-state index contributed by atoms with van der Waals surface area (Å²) in [7, 11) is 0. The Morgan fingerprint density at radius 1 is 1.75 bits per heavy atom. The predicted octanol–water partition coefficient (Wildman–Crippen LogP) is -0.160. The minimum Gasteiger partial charge on any atom is -0.366 e. The molecule has 8 heavy (non-hydrogen) atoms. The first-order chi connectivity index (χ1) is 3.71. The van der Waals surface area contributed by atoms with Crippen LogP contribution in [0.15, 0.2) is 17.4 Å². The number of nitrogens with one attached hydrogen (secondary N) is 1. The Labute approximate surface area is 47.7 Å². The topological polar surface area (TPSA) is 44.6 Å². The van der Waals surface area contributed by atoms with Gasteiger partial charge >= 0.3 is 0 Å². The molecule has 0 saturated carbocycles. The maximum absolute atomic E-state index is 9.06. The van der Waals surface area contributed by atoms with Crippen molar-refractivity contribution in [2.75, 3.05) is 0 Å². The van der Waals surface area contributed by atoms with Gasteiger partial charge in [0.05, 0.1) is 6.21 Å². The highest BCUT2D eigenvalue weighted by molar-refractivity contribution is 5.68. The lowest BCUT2D eigenvalue weighted by molar-refractivity contribution is 0.114. The summed E-state index contributed by atoms with van der Waals surface area (Å²) >= 11 is 0. The van der Waals surface area contributed by atoms with E-state index in [9.17, 15) is 0 Å².